The lowest BCUT2D eigenvalue weighted by molar-refractivity contribution is 0.201. The van der Waals surface area contributed by atoms with Crippen LogP contribution in [0.2, 0.25) is 0 Å². The molecule has 0 fully saturated rings. The third-order valence-electron chi connectivity index (χ3n) is 3.65. The fraction of sp³-hybridized carbons (Fsp3) is 0.412. The molecule has 0 spiro atoms. The van der Waals surface area contributed by atoms with Crippen molar-refractivity contribution in [2.45, 2.75) is 26.1 Å². The van der Waals surface area contributed by atoms with Crippen LogP contribution >= 0.6 is 0 Å². The standard InChI is InChI=1S/C17H24N4O3/c1-13(10-21-9-8-18-12-21)19-17(22)20(2)11-14-6-5-7-15(23-3)16(14)24-4/h5-9,12-13H,10-11H2,1-4H3,(H,19,22)/t13-/m0/s1. The predicted molar refractivity (Wildman–Crippen MR) is 91.2 cm³/mol. The van der Waals surface area contributed by atoms with Crippen LogP contribution in [0.25, 0.3) is 0 Å². The van der Waals surface area contributed by atoms with Gasteiger partial charge in [0.1, 0.15) is 0 Å². The van der Waals surface area contributed by atoms with Crippen molar-refractivity contribution in [1.29, 1.82) is 0 Å². The van der Waals surface area contributed by atoms with Crippen molar-refractivity contribution in [2.24, 2.45) is 0 Å². The van der Waals surface area contributed by atoms with E-state index >= 15 is 0 Å². The number of hydrogen-bond acceptors (Lipinski definition) is 4. The fourth-order valence-electron chi connectivity index (χ4n) is 2.48. The van der Waals surface area contributed by atoms with E-state index in [1.54, 1.807) is 38.7 Å². The zero-order valence-electron chi connectivity index (χ0n) is 14.5. The number of rotatable bonds is 7. The van der Waals surface area contributed by atoms with E-state index < -0.39 is 0 Å². The van der Waals surface area contributed by atoms with E-state index in [4.69, 9.17) is 9.47 Å². The second kappa shape index (κ2) is 8.24. The van der Waals surface area contributed by atoms with Gasteiger partial charge >= 0.3 is 6.03 Å². The zero-order chi connectivity index (χ0) is 17.5. The summed E-state index contributed by atoms with van der Waals surface area (Å²) < 4.78 is 12.6. The minimum atomic E-state index is -0.146. The quantitative estimate of drug-likeness (QED) is 0.843. The minimum absolute atomic E-state index is 0.0126. The SMILES string of the molecule is COc1cccc(CN(C)C(=O)N[C@@H](C)Cn2ccnc2)c1OC. The maximum atomic E-state index is 12.4. The molecule has 1 aromatic heterocycles. The maximum Gasteiger partial charge on any atom is 0.317 e. The Morgan fingerprint density at radius 2 is 2.17 bits per heavy atom. The van der Waals surface area contributed by atoms with E-state index in [-0.39, 0.29) is 12.1 Å². The van der Waals surface area contributed by atoms with Crippen LogP contribution in [0.5, 0.6) is 11.5 Å². The predicted octanol–water partition coefficient (Wildman–Crippen LogP) is 2.13. The van der Waals surface area contributed by atoms with E-state index in [1.165, 1.54) is 0 Å². The first-order chi connectivity index (χ1) is 11.5. The smallest absolute Gasteiger partial charge is 0.317 e. The molecule has 24 heavy (non-hydrogen) atoms. The normalized spacial score (nSPS) is 11.7. The number of aromatic nitrogens is 2. The Morgan fingerprint density at radius 1 is 1.38 bits per heavy atom. The largest absolute Gasteiger partial charge is 0.493 e. The number of methoxy groups -OCH3 is 2. The van der Waals surface area contributed by atoms with Gasteiger partial charge in [-0.05, 0) is 13.0 Å². The Hall–Kier alpha value is -2.70. The number of benzene rings is 1. The molecule has 0 bridgehead atoms. The second-order valence-corrected chi connectivity index (χ2v) is 5.62. The Labute approximate surface area is 142 Å². The number of carbonyl (C=O) groups excluding carboxylic acids is 1. The van der Waals surface area contributed by atoms with Gasteiger partial charge in [0.05, 0.1) is 27.1 Å². The molecule has 2 amide bonds. The molecule has 0 saturated heterocycles. The van der Waals surface area contributed by atoms with Crippen LogP contribution in [-0.2, 0) is 13.1 Å². The van der Waals surface area contributed by atoms with E-state index in [0.717, 1.165) is 5.56 Å². The summed E-state index contributed by atoms with van der Waals surface area (Å²) >= 11 is 0. The first kappa shape index (κ1) is 17.7. The fourth-order valence-corrected chi connectivity index (χ4v) is 2.48. The monoisotopic (exact) mass is 332 g/mol. The molecule has 0 aliphatic rings. The van der Waals surface area contributed by atoms with Crippen molar-refractivity contribution >= 4 is 6.03 Å². The number of urea groups is 1. The lowest BCUT2D eigenvalue weighted by atomic mass is 10.1. The van der Waals surface area contributed by atoms with E-state index in [2.05, 4.69) is 10.3 Å². The summed E-state index contributed by atoms with van der Waals surface area (Å²) in [6.45, 7) is 3.05. The molecule has 1 atom stereocenters. The number of nitrogens with one attached hydrogen (secondary N) is 1. The van der Waals surface area contributed by atoms with Crippen LogP contribution in [0.15, 0.2) is 36.9 Å². The minimum Gasteiger partial charge on any atom is -0.493 e. The summed E-state index contributed by atoms with van der Waals surface area (Å²) in [6.07, 6.45) is 5.32. The van der Waals surface area contributed by atoms with E-state index in [9.17, 15) is 4.79 Å². The summed E-state index contributed by atoms with van der Waals surface area (Å²) in [7, 11) is 4.93. The third-order valence-corrected chi connectivity index (χ3v) is 3.65. The van der Waals surface area contributed by atoms with Gasteiger partial charge in [-0.25, -0.2) is 9.78 Å². The summed E-state index contributed by atoms with van der Waals surface area (Å²) in [6, 6.07) is 5.47. The van der Waals surface area contributed by atoms with Gasteiger partial charge in [0.25, 0.3) is 0 Å². The van der Waals surface area contributed by atoms with Crippen LogP contribution in [0.4, 0.5) is 4.79 Å². The molecule has 0 saturated carbocycles. The number of carbonyl (C=O) groups is 1. The van der Waals surface area contributed by atoms with Gasteiger partial charge in [-0.2, -0.15) is 0 Å². The first-order valence-corrected chi connectivity index (χ1v) is 7.72. The Kier molecular flexibility index (Phi) is 6.06. The molecule has 1 aromatic carbocycles. The van der Waals surface area contributed by atoms with E-state index in [1.807, 2.05) is 35.9 Å². The summed E-state index contributed by atoms with van der Waals surface area (Å²) in [5.74, 6) is 1.29. The van der Waals surface area contributed by atoms with Gasteiger partial charge in [0.15, 0.2) is 11.5 Å². The number of para-hydroxylation sites is 1. The van der Waals surface area contributed by atoms with Gasteiger partial charge in [0.2, 0.25) is 0 Å². The van der Waals surface area contributed by atoms with Crippen molar-refractivity contribution in [3.63, 3.8) is 0 Å². The number of nitrogens with zero attached hydrogens (tertiary/aromatic N) is 3. The van der Waals surface area contributed by atoms with Gasteiger partial charge in [0, 0.05) is 37.6 Å². The van der Waals surface area contributed by atoms with Crippen molar-refractivity contribution < 1.29 is 14.3 Å². The highest BCUT2D eigenvalue weighted by Crippen LogP contribution is 2.31. The van der Waals surface area contributed by atoms with Gasteiger partial charge in [-0.1, -0.05) is 12.1 Å². The number of amides is 2. The average Bonchev–Trinajstić information content (AvgIpc) is 3.07. The topological polar surface area (TPSA) is 68.6 Å². The molecule has 2 rings (SSSR count). The van der Waals surface area contributed by atoms with Crippen molar-refractivity contribution in [1.82, 2.24) is 19.8 Å². The molecule has 2 aromatic rings. The average molecular weight is 332 g/mol. The number of imidazole rings is 1. The van der Waals surface area contributed by atoms with Crippen LogP contribution in [0.1, 0.15) is 12.5 Å². The molecular weight excluding hydrogens is 308 g/mol. The molecule has 1 N–H and O–H groups in total. The highest BCUT2D eigenvalue weighted by atomic mass is 16.5. The molecule has 130 valence electrons. The maximum absolute atomic E-state index is 12.4. The Balaban J connectivity index is 1.96. The Bertz CT molecular complexity index is 658. The molecule has 1 heterocycles. The molecule has 0 radical (unpaired) electrons. The summed E-state index contributed by atoms with van der Waals surface area (Å²) in [5, 5.41) is 2.97. The van der Waals surface area contributed by atoms with Crippen LogP contribution < -0.4 is 14.8 Å². The third kappa shape index (κ3) is 4.41. The number of ether oxygens (including phenoxy) is 2. The van der Waals surface area contributed by atoms with Crippen molar-refractivity contribution in [2.75, 3.05) is 21.3 Å². The Morgan fingerprint density at radius 3 is 2.79 bits per heavy atom. The highest BCUT2D eigenvalue weighted by molar-refractivity contribution is 5.74. The zero-order valence-corrected chi connectivity index (χ0v) is 14.5. The molecule has 7 heteroatoms. The van der Waals surface area contributed by atoms with Gasteiger partial charge in [-0.15, -0.1) is 0 Å². The molecule has 0 aliphatic carbocycles. The van der Waals surface area contributed by atoms with Gasteiger partial charge < -0.3 is 24.3 Å². The van der Waals surface area contributed by atoms with Crippen molar-refractivity contribution in [3.05, 3.63) is 42.5 Å². The summed E-state index contributed by atoms with van der Waals surface area (Å²) in [5.41, 5.74) is 0.886. The first-order valence-electron chi connectivity index (χ1n) is 7.72. The molecular formula is C17H24N4O3. The van der Waals surface area contributed by atoms with Gasteiger partial charge in [-0.3, -0.25) is 0 Å². The summed E-state index contributed by atoms with van der Waals surface area (Å²) in [4.78, 5) is 18.0. The lowest BCUT2D eigenvalue weighted by Gasteiger charge is -2.23. The van der Waals surface area contributed by atoms with E-state index in [0.29, 0.717) is 24.6 Å². The lowest BCUT2D eigenvalue weighted by Crippen LogP contribution is -2.43. The van der Waals surface area contributed by atoms with Crippen molar-refractivity contribution in [3.8, 4) is 11.5 Å². The molecule has 0 unspecified atom stereocenters. The number of hydrogen-bond donors (Lipinski definition) is 1. The van der Waals surface area contributed by atoms with Crippen LogP contribution in [-0.4, -0.2) is 47.8 Å². The highest BCUT2D eigenvalue weighted by Gasteiger charge is 2.16. The van der Waals surface area contributed by atoms with Crippen LogP contribution in [0.3, 0.4) is 0 Å². The second-order valence-electron chi connectivity index (χ2n) is 5.62. The van der Waals surface area contributed by atoms with Crippen LogP contribution in [0, 0.1) is 0 Å². The molecule has 0 aliphatic heterocycles. The molecule has 7 nitrogen and oxygen atoms in total.